The molecule has 88 valence electrons. The van der Waals surface area contributed by atoms with Crippen LogP contribution in [0.2, 0.25) is 0 Å². The minimum Gasteiger partial charge on any atom is -0.358 e. The van der Waals surface area contributed by atoms with Crippen molar-refractivity contribution in [2.45, 2.75) is 25.8 Å². The Hall–Kier alpha value is -0.610. The van der Waals surface area contributed by atoms with E-state index in [0.717, 1.165) is 13.1 Å². The predicted molar refractivity (Wildman–Crippen MR) is 61.8 cm³/mol. The Morgan fingerprint density at radius 3 is 2.93 bits per heavy atom. The Morgan fingerprint density at radius 1 is 1.60 bits per heavy atom. The zero-order chi connectivity index (χ0) is 11.3. The molecule has 2 N–H and O–H groups in total. The molecule has 2 unspecified atom stereocenters. The van der Waals surface area contributed by atoms with E-state index < -0.39 is 0 Å². The van der Waals surface area contributed by atoms with Crippen molar-refractivity contribution < 1.29 is 4.79 Å². The first kappa shape index (κ1) is 12.5. The van der Waals surface area contributed by atoms with E-state index in [1.54, 1.807) is 7.05 Å². The van der Waals surface area contributed by atoms with Crippen molar-refractivity contribution in [1.29, 1.82) is 0 Å². The van der Waals surface area contributed by atoms with Gasteiger partial charge in [0.25, 0.3) is 0 Å². The fraction of sp³-hybridized carbons (Fsp3) is 0.909. The summed E-state index contributed by atoms with van der Waals surface area (Å²) in [5.74, 6) is 0.759. The summed E-state index contributed by atoms with van der Waals surface area (Å²) in [7, 11) is 3.84. The molecule has 0 radical (unpaired) electrons. The second-order valence-electron chi connectivity index (χ2n) is 4.51. The quantitative estimate of drug-likeness (QED) is 0.694. The van der Waals surface area contributed by atoms with Crippen molar-refractivity contribution >= 4 is 5.91 Å². The molecule has 4 nitrogen and oxygen atoms in total. The molecule has 0 aromatic heterocycles. The Morgan fingerprint density at radius 2 is 2.33 bits per heavy atom. The fourth-order valence-corrected chi connectivity index (χ4v) is 2.09. The van der Waals surface area contributed by atoms with E-state index in [-0.39, 0.29) is 11.9 Å². The van der Waals surface area contributed by atoms with Crippen LogP contribution in [0.3, 0.4) is 0 Å². The first-order chi connectivity index (χ1) is 7.13. The van der Waals surface area contributed by atoms with Crippen LogP contribution in [0.25, 0.3) is 0 Å². The average molecular weight is 213 g/mol. The van der Waals surface area contributed by atoms with Gasteiger partial charge in [0.05, 0.1) is 6.04 Å². The lowest BCUT2D eigenvalue weighted by atomic mass is 9.98. The van der Waals surface area contributed by atoms with Gasteiger partial charge in [-0.2, -0.15) is 0 Å². The Kier molecular flexibility index (Phi) is 5.05. The minimum absolute atomic E-state index is 0.0687. The van der Waals surface area contributed by atoms with Gasteiger partial charge in [0.1, 0.15) is 0 Å². The molecule has 1 aliphatic heterocycles. The first-order valence-electron chi connectivity index (χ1n) is 5.77. The third-order valence-electron chi connectivity index (χ3n) is 3.07. The van der Waals surface area contributed by atoms with Crippen LogP contribution in [0.15, 0.2) is 0 Å². The maximum absolute atomic E-state index is 11.3. The zero-order valence-corrected chi connectivity index (χ0v) is 10.0. The average Bonchev–Trinajstić information content (AvgIpc) is 2.25. The van der Waals surface area contributed by atoms with Crippen LogP contribution in [0.4, 0.5) is 0 Å². The van der Waals surface area contributed by atoms with Crippen molar-refractivity contribution in [3.63, 3.8) is 0 Å². The van der Waals surface area contributed by atoms with Gasteiger partial charge in [0, 0.05) is 13.6 Å². The van der Waals surface area contributed by atoms with Crippen LogP contribution in [-0.2, 0) is 4.79 Å². The van der Waals surface area contributed by atoms with Gasteiger partial charge in [0.2, 0.25) is 5.91 Å². The van der Waals surface area contributed by atoms with Gasteiger partial charge < -0.3 is 15.5 Å². The molecular formula is C11H23N3O. The summed E-state index contributed by atoms with van der Waals surface area (Å²) < 4.78 is 0. The van der Waals surface area contributed by atoms with Crippen molar-refractivity contribution in [1.82, 2.24) is 15.5 Å². The number of carbonyl (C=O) groups excluding carboxylic acids is 1. The Labute approximate surface area is 92.4 Å². The number of likely N-dealkylation sites (N-methyl/N-ethyl adjacent to an activating group) is 1. The number of nitrogens with zero attached hydrogens (tertiary/aromatic N) is 1. The van der Waals surface area contributed by atoms with Gasteiger partial charge in [-0.05, 0) is 45.8 Å². The van der Waals surface area contributed by atoms with Gasteiger partial charge >= 0.3 is 0 Å². The van der Waals surface area contributed by atoms with Crippen LogP contribution in [0.1, 0.15) is 19.8 Å². The standard InChI is InChI=1S/C11H23N3O/c1-9(11(15)12-2)13-7-10-5-4-6-14(3)8-10/h9-10,13H,4-8H2,1-3H3,(H,12,15). The Bertz CT molecular complexity index is 208. The summed E-state index contributed by atoms with van der Waals surface area (Å²) in [5, 5.41) is 5.93. The summed E-state index contributed by atoms with van der Waals surface area (Å²) in [6.45, 7) is 5.21. The maximum Gasteiger partial charge on any atom is 0.236 e. The number of likely N-dealkylation sites (tertiary alicyclic amines) is 1. The molecule has 0 saturated carbocycles. The number of nitrogens with one attached hydrogen (secondary N) is 2. The highest BCUT2D eigenvalue weighted by atomic mass is 16.2. The molecule has 0 aliphatic carbocycles. The highest BCUT2D eigenvalue weighted by molar-refractivity contribution is 5.80. The van der Waals surface area contributed by atoms with Crippen molar-refractivity contribution in [2.75, 3.05) is 33.7 Å². The summed E-state index contributed by atoms with van der Waals surface area (Å²) in [6, 6.07) is -0.0813. The summed E-state index contributed by atoms with van der Waals surface area (Å²) in [4.78, 5) is 13.6. The maximum atomic E-state index is 11.3. The predicted octanol–water partition coefficient (Wildman–Crippen LogP) is 0.0523. The molecule has 2 atom stereocenters. The number of carbonyl (C=O) groups is 1. The number of rotatable bonds is 4. The lowest BCUT2D eigenvalue weighted by Crippen LogP contribution is -2.45. The van der Waals surface area contributed by atoms with Gasteiger partial charge in [0.15, 0.2) is 0 Å². The van der Waals surface area contributed by atoms with E-state index in [4.69, 9.17) is 0 Å². The van der Waals surface area contributed by atoms with Gasteiger partial charge in [-0.3, -0.25) is 4.79 Å². The van der Waals surface area contributed by atoms with Gasteiger partial charge in [-0.1, -0.05) is 0 Å². The highest BCUT2D eigenvalue weighted by Gasteiger charge is 2.18. The fourth-order valence-electron chi connectivity index (χ4n) is 2.09. The molecule has 0 aromatic carbocycles. The first-order valence-corrected chi connectivity index (χ1v) is 5.77. The van der Waals surface area contributed by atoms with E-state index in [9.17, 15) is 4.79 Å². The van der Waals surface area contributed by atoms with Crippen LogP contribution in [0, 0.1) is 5.92 Å². The van der Waals surface area contributed by atoms with Crippen molar-refractivity contribution in [3.05, 3.63) is 0 Å². The topological polar surface area (TPSA) is 44.4 Å². The monoisotopic (exact) mass is 213 g/mol. The van der Waals surface area contributed by atoms with Crippen molar-refractivity contribution in [2.24, 2.45) is 5.92 Å². The number of amides is 1. The third kappa shape index (κ3) is 4.18. The van der Waals surface area contributed by atoms with E-state index in [1.807, 2.05) is 6.92 Å². The molecule has 1 saturated heterocycles. The number of piperidine rings is 1. The molecule has 0 bridgehead atoms. The lowest BCUT2D eigenvalue weighted by molar-refractivity contribution is -0.122. The minimum atomic E-state index is -0.0813. The molecule has 4 heteroatoms. The molecule has 1 amide bonds. The normalized spacial score (nSPS) is 24.9. The lowest BCUT2D eigenvalue weighted by Gasteiger charge is -2.30. The van der Waals surface area contributed by atoms with Crippen LogP contribution >= 0.6 is 0 Å². The van der Waals surface area contributed by atoms with E-state index in [1.165, 1.54) is 19.4 Å². The van der Waals surface area contributed by atoms with Gasteiger partial charge in [-0.15, -0.1) is 0 Å². The largest absolute Gasteiger partial charge is 0.358 e. The molecule has 0 aromatic rings. The second-order valence-corrected chi connectivity index (χ2v) is 4.51. The van der Waals surface area contributed by atoms with Crippen LogP contribution in [-0.4, -0.2) is 50.6 Å². The third-order valence-corrected chi connectivity index (χ3v) is 3.07. The molecule has 0 spiro atoms. The second kappa shape index (κ2) is 6.08. The summed E-state index contributed by atoms with van der Waals surface area (Å²) in [5.41, 5.74) is 0. The SMILES string of the molecule is CNC(=O)C(C)NCC1CCCN(C)C1. The number of hydrogen-bond acceptors (Lipinski definition) is 3. The molecule has 1 aliphatic rings. The van der Waals surface area contributed by atoms with E-state index >= 15 is 0 Å². The summed E-state index contributed by atoms with van der Waals surface area (Å²) >= 11 is 0. The van der Waals surface area contributed by atoms with E-state index in [2.05, 4.69) is 22.6 Å². The molecule has 1 heterocycles. The highest BCUT2D eigenvalue weighted by Crippen LogP contribution is 2.13. The molecule has 1 rings (SSSR count). The van der Waals surface area contributed by atoms with Gasteiger partial charge in [-0.25, -0.2) is 0 Å². The molecule has 1 fully saturated rings. The summed E-state index contributed by atoms with van der Waals surface area (Å²) in [6.07, 6.45) is 2.55. The molecular weight excluding hydrogens is 190 g/mol. The number of hydrogen-bond donors (Lipinski definition) is 2. The smallest absolute Gasteiger partial charge is 0.236 e. The Balaban J connectivity index is 2.21. The van der Waals surface area contributed by atoms with E-state index in [0.29, 0.717) is 5.92 Å². The van der Waals surface area contributed by atoms with Crippen LogP contribution < -0.4 is 10.6 Å². The zero-order valence-electron chi connectivity index (χ0n) is 10.0. The van der Waals surface area contributed by atoms with Crippen molar-refractivity contribution in [3.8, 4) is 0 Å². The molecule has 15 heavy (non-hydrogen) atoms. The van der Waals surface area contributed by atoms with Crippen LogP contribution in [0.5, 0.6) is 0 Å².